The normalized spacial score (nSPS) is 22.1. The fraction of sp³-hybridized carbons (Fsp3) is 0.889. The third-order valence-electron chi connectivity index (χ3n) is 2.64. The first-order valence-corrected chi connectivity index (χ1v) is 5.16. The first-order chi connectivity index (χ1) is 5.86. The van der Waals surface area contributed by atoms with Crippen LogP contribution in [-0.4, -0.2) is 12.3 Å². The second-order valence-corrected chi connectivity index (χ2v) is 3.87. The minimum absolute atomic E-state index is 0.0450. The molecule has 1 aliphatic carbocycles. The molecular formula is C9H17NOS. The predicted octanol–water partition coefficient (Wildman–Crippen LogP) is 1.96. The Labute approximate surface area is 79.7 Å². The Morgan fingerprint density at radius 1 is 1.42 bits per heavy atom. The van der Waals surface area contributed by atoms with Crippen LogP contribution < -0.4 is 4.72 Å². The van der Waals surface area contributed by atoms with Crippen LogP contribution in [0.2, 0.25) is 0 Å². The van der Waals surface area contributed by atoms with Crippen LogP contribution in [0.15, 0.2) is 0 Å². The predicted molar refractivity (Wildman–Crippen MR) is 53.2 cm³/mol. The van der Waals surface area contributed by atoms with Gasteiger partial charge in [0.25, 0.3) is 0 Å². The van der Waals surface area contributed by atoms with Gasteiger partial charge in [0.05, 0.1) is 6.04 Å². The van der Waals surface area contributed by atoms with Crippen LogP contribution in [0.4, 0.5) is 0 Å². The summed E-state index contributed by atoms with van der Waals surface area (Å²) in [6, 6.07) is -0.0450. The van der Waals surface area contributed by atoms with E-state index in [4.69, 9.17) is 0 Å². The molecule has 0 aromatic rings. The van der Waals surface area contributed by atoms with E-state index >= 15 is 0 Å². The molecule has 0 saturated heterocycles. The van der Waals surface area contributed by atoms with Gasteiger partial charge in [-0.05, 0) is 12.3 Å². The van der Waals surface area contributed by atoms with E-state index in [1.165, 1.54) is 32.1 Å². The highest BCUT2D eigenvalue weighted by molar-refractivity contribution is 7.78. The number of hydrogen-bond donors (Lipinski definition) is 2. The largest absolute Gasteiger partial charge is 0.302 e. The van der Waals surface area contributed by atoms with Gasteiger partial charge in [0.15, 0.2) is 0 Å². The molecule has 1 saturated carbocycles. The van der Waals surface area contributed by atoms with E-state index < -0.39 is 0 Å². The average molecular weight is 187 g/mol. The summed E-state index contributed by atoms with van der Waals surface area (Å²) in [7, 11) is 0. The Morgan fingerprint density at radius 3 is 2.58 bits per heavy atom. The molecule has 0 aromatic carbocycles. The minimum Gasteiger partial charge on any atom is -0.302 e. The molecule has 0 spiro atoms. The van der Waals surface area contributed by atoms with Crippen molar-refractivity contribution in [3.63, 3.8) is 0 Å². The van der Waals surface area contributed by atoms with E-state index in [-0.39, 0.29) is 6.04 Å². The van der Waals surface area contributed by atoms with Gasteiger partial charge < -0.3 is 4.79 Å². The standard InChI is InChI=1S/C9H17NOS/c11-7-9(10-12)6-8-4-2-1-3-5-8/h7-10,12H,1-6H2. The van der Waals surface area contributed by atoms with Crippen molar-refractivity contribution in [3.05, 3.63) is 0 Å². The summed E-state index contributed by atoms with van der Waals surface area (Å²) in [6.45, 7) is 0. The molecule has 1 unspecified atom stereocenters. The molecule has 1 fully saturated rings. The van der Waals surface area contributed by atoms with Crippen molar-refractivity contribution in [1.82, 2.24) is 4.72 Å². The second kappa shape index (κ2) is 5.60. The Hall–Kier alpha value is -0.0200. The zero-order valence-corrected chi connectivity index (χ0v) is 8.22. The van der Waals surface area contributed by atoms with Crippen LogP contribution in [0, 0.1) is 5.92 Å². The number of hydrogen-bond acceptors (Lipinski definition) is 3. The van der Waals surface area contributed by atoms with Crippen LogP contribution in [0.1, 0.15) is 38.5 Å². The van der Waals surface area contributed by atoms with Crippen molar-refractivity contribution in [1.29, 1.82) is 0 Å². The fourth-order valence-electron chi connectivity index (χ4n) is 1.92. The Morgan fingerprint density at radius 2 is 2.08 bits per heavy atom. The van der Waals surface area contributed by atoms with E-state index in [0.29, 0.717) is 0 Å². The van der Waals surface area contributed by atoms with Crippen molar-refractivity contribution < 1.29 is 4.79 Å². The smallest absolute Gasteiger partial charge is 0.137 e. The average Bonchev–Trinajstić information content (AvgIpc) is 2.16. The fourth-order valence-corrected chi connectivity index (χ4v) is 2.09. The van der Waals surface area contributed by atoms with Crippen molar-refractivity contribution >= 4 is 19.1 Å². The maximum absolute atomic E-state index is 10.5. The summed E-state index contributed by atoms with van der Waals surface area (Å²) in [5.74, 6) is 0.744. The maximum atomic E-state index is 10.5. The molecule has 1 N–H and O–H groups in total. The lowest BCUT2D eigenvalue weighted by Crippen LogP contribution is -2.26. The van der Waals surface area contributed by atoms with E-state index in [2.05, 4.69) is 17.5 Å². The molecule has 0 radical (unpaired) electrons. The molecule has 1 atom stereocenters. The molecule has 0 amide bonds. The van der Waals surface area contributed by atoms with E-state index in [1.807, 2.05) is 0 Å². The van der Waals surface area contributed by atoms with Crippen LogP contribution in [0.3, 0.4) is 0 Å². The van der Waals surface area contributed by atoms with Crippen molar-refractivity contribution in [3.8, 4) is 0 Å². The molecule has 2 nitrogen and oxygen atoms in total. The van der Waals surface area contributed by atoms with E-state index in [9.17, 15) is 4.79 Å². The molecule has 0 aliphatic heterocycles. The van der Waals surface area contributed by atoms with Crippen LogP contribution in [0.5, 0.6) is 0 Å². The number of carbonyl (C=O) groups excluding carboxylic acids is 1. The van der Waals surface area contributed by atoms with Gasteiger partial charge in [-0.3, -0.25) is 4.72 Å². The summed E-state index contributed by atoms with van der Waals surface area (Å²) < 4.78 is 2.73. The van der Waals surface area contributed by atoms with Gasteiger partial charge in [0, 0.05) is 0 Å². The molecule has 1 rings (SSSR count). The topological polar surface area (TPSA) is 29.1 Å². The zero-order valence-electron chi connectivity index (χ0n) is 7.33. The van der Waals surface area contributed by atoms with Crippen molar-refractivity contribution in [2.24, 2.45) is 5.92 Å². The van der Waals surface area contributed by atoms with Gasteiger partial charge >= 0.3 is 0 Å². The quantitative estimate of drug-likeness (QED) is 0.520. The van der Waals surface area contributed by atoms with E-state index in [0.717, 1.165) is 18.6 Å². The number of thiol groups is 1. The van der Waals surface area contributed by atoms with E-state index in [1.54, 1.807) is 0 Å². The first kappa shape index (κ1) is 10.1. The first-order valence-electron chi connectivity index (χ1n) is 4.71. The highest BCUT2D eigenvalue weighted by Gasteiger charge is 2.17. The zero-order chi connectivity index (χ0) is 8.81. The van der Waals surface area contributed by atoms with Crippen molar-refractivity contribution in [2.45, 2.75) is 44.6 Å². The minimum atomic E-state index is -0.0450. The number of aldehydes is 1. The molecular weight excluding hydrogens is 170 g/mol. The maximum Gasteiger partial charge on any atom is 0.137 e. The van der Waals surface area contributed by atoms with Gasteiger partial charge in [-0.15, -0.1) is 0 Å². The van der Waals surface area contributed by atoms with Gasteiger partial charge in [0.1, 0.15) is 6.29 Å². The third-order valence-corrected chi connectivity index (χ3v) is 2.97. The number of rotatable bonds is 4. The molecule has 70 valence electrons. The lowest BCUT2D eigenvalue weighted by atomic mass is 9.85. The Kier molecular flexibility index (Phi) is 4.69. The Balaban J connectivity index is 2.22. The highest BCUT2D eigenvalue weighted by Crippen LogP contribution is 2.26. The SMILES string of the molecule is O=CC(CC1CCCCC1)NS. The molecule has 12 heavy (non-hydrogen) atoms. The van der Waals surface area contributed by atoms with Crippen LogP contribution in [0.25, 0.3) is 0 Å². The molecule has 3 heteroatoms. The van der Waals surface area contributed by atoms with Crippen molar-refractivity contribution in [2.75, 3.05) is 0 Å². The Bertz CT molecular complexity index is 134. The molecule has 0 aromatic heterocycles. The third kappa shape index (κ3) is 3.15. The molecule has 1 aliphatic rings. The lowest BCUT2D eigenvalue weighted by Gasteiger charge is -2.23. The second-order valence-electron chi connectivity index (χ2n) is 3.61. The summed E-state index contributed by atoms with van der Waals surface area (Å²) in [5.41, 5.74) is 0. The number of carbonyl (C=O) groups is 1. The number of nitrogens with one attached hydrogen (secondary N) is 1. The summed E-state index contributed by atoms with van der Waals surface area (Å²) in [4.78, 5) is 10.5. The molecule has 0 bridgehead atoms. The van der Waals surface area contributed by atoms with Crippen LogP contribution >= 0.6 is 12.8 Å². The van der Waals surface area contributed by atoms with Gasteiger partial charge in [-0.2, -0.15) is 0 Å². The molecule has 0 heterocycles. The van der Waals surface area contributed by atoms with Gasteiger partial charge in [0.2, 0.25) is 0 Å². The lowest BCUT2D eigenvalue weighted by molar-refractivity contribution is -0.109. The van der Waals surface area contributed by atoms with Crippen LogP contribution in [-0.2, 0) is 4.79 Å². The highest BCUT2D eigenvalue weighted by atomic mass is 32.1. The van der Waals surface area contributed by atoms with Gasteiger partial charge in [-0.25, -0.2) is 0 Å². The monoisotopic (exact) mass is 187 g/mol. The summed E-state index contributed by atoms with van der Waals surface area (Å²) in [5, 5.41) is 0. The summed E-state index contributed by atoms with van der Waals surface area (Å²) >= 11 is 3.91. The van der Waals surface area contributed by atoms with Gasteiger partial charge in [-0.1, -0.05) is 44.9 Å². The summed E-state index contributed by atoms with van der Waals surface area (Å²) in [6.07, 6.45) is 8.55.